The summed E-state index contributed by atoms with van der Waals surface area (Å²) in [4.78, 5) is 14.2. The van der Waals surface area contributed by atoms with Gasteiger partial charge in [0.05, 0.1) is 5.56 Å². The highest BCUT2D eigenvalue weighted by Crippen LogP contribution is 2.26. The standard InChI is InChI=1S/C14H21N3OS/c1-17(2)13-6-5-10(15)8-12(13)14(18)16-9-11-4-3-7-19-11/h5-6,8,11H,3-4,7,9,15H2,1-2H3,(H,16,18). The van der Waals surface area contributed by atoms with Crippen molar-refractivity contribution in [2.24, 2.45) is 0 Å². The van der Waals surface area contributed by atoms with E-state index >= 15 is 0 Å². The Balaban J connectivity index is 2.06. The zero-order chi connectivity index (χ0) is 13.8. The van der Waals surface area contributed by atoms with Gasteiger partial charge in [-0.1, -0.05) is 0 Å². The van der Waals surface area contributed by atoms with E-state index in [1.165, 1.54) is 18.6 Å². The molecule has 104 valence electrons. The highest BCUT2D eigenvalue weighted by Gasteiger charge is 2.18. The van der Waals surface area contributed by atoms with Crippen molar-refractivity contribution < 1.29 is 4.79 Å². The van der Waals surface area contributed by atoms with Gasteiger partial charge in [-0.3, -0.25) is 4.79 Å². The van der Waals surface area contributed by atoms with Crippen molar-refractivity contribution in [3.05, 3.63) is 23.8 Å². The normalized spacial score (nSPS) is 18.3. The van der Waals surface area contributed by atoms with E-state index in [4.69, 9.17) is 5.73 Å². The molecule has 1 unspecified atom stereocenters. The smallest absolute Gasteiger partial charge is 0.253 e. The van der Waals surface area contributed by atoms with Crippen molar-refractivity contribution in [1.82, 2.24) is 5.32 Å². The molecule has 1 aromatic rings. The Kier molecular flexibility index (Phi) is 4.58. The fourth-order valence-electron chi connectivity index (χ4n) is 2.23. The minimum atomic E-state index is -0.0384. The Labute approximate surface area is 118 Å². The number of hydrogen-bond acceptors (Lipinski definition) is 4. The number of nitrogens with one attached hydrogen (secondary N) is 1. The van der Waals surface area contributed by atoms with Gasteiger partial charge in [-0.2, -0.15) is 11.8 Å². The summed E-state index contributed by atoms with van der Waals surface area (Å²) in [5.41, 5.74) is 7.94. The maximum absolute atomic E-state index is 12.3. The number of nitrogens with zero attached hydrogens (tertiary/aromatic N) is 1. The van der Waals surface area contributed by atoms with Crippen molar-refractivity contribution in [2.75, 3.05) is 37.0 Å². The maximum Gasteiger partial charge on any atom is 0.253 e. The fourth-order valence-corrected chi connectivity index (χ4v) is 3.43. The first-order chi connectivity index (χ1) is 9.08. The largest absolute Gasteiger partial charge is 0.399 e. The molecule has 2 rings (SSSR count). The molecule has 19 heavy (non-hydrogen) atoms. The van der Waals surface area contributed by atoms with E-state index in [2.05, 4.69) is 5.32 Å². The van der Waals surface area contributed by atoms with Gasteiger partial charge in [0.25, 0.3) is 5.91 Å². The number of carbonyl (C=O) groups is 1. The third kappa shape index (κ3) is 3.56. The molecule has 1 atom stereocenters. The van der Waals surface area contributed by atoms with Crippen LogP contribution in [0.1, 0.15) is 23.2 Å². The van der Waals surface area contributed by atoms with E-state index in [0.717, 1.165) is 12.2 Å². The number of nitrogens with two attached hydrogens (primary N) is 1. The van der Waals surface area contributed by atoms with Crippen LogP contribution in [0.2, 0.25) is 0 Å². The molecule has 1 aliphatic rings. The van der Waals surface area contributed by atoms with Crippen LogP contribution < -0.4 is 16.0 Å². The number of carbonyl (C=O) groups excluding carboxylic acids is 1. The summed E-state index contributed by atoms with van der Waals surface area (Å²) in [6.07, 6.45) is 2.45. The Morgan fingerprint density at radius 1 is 1.53 bits per heavy atom. The lowest BCUT2D eigenvalue weighted by Gasteiger charge is -2.18. The fraction of sp³-hybridized carbons (Fsp3) is 0.500. The lowest BCUT2D eigenvalue weighted by atomic mass is 10.1. The number of amides is 1. The van der Waals surface area contributed by atoms with E-state index in [1.54, 1.807) is 6.07 Å². The molecular weight excluding hydrogens is 258 g/mol. The molecule has 1 aromatic carbocycles. The predicted octanol–water partition coefficient (Wildman–Crippen LogP) is 1.96. The number of benzene rings is 1. The number of rotatable bonds is 4. The minimum absolute atomic E-state index is 0.0384. The van der Waals surface area contributed by atoms with Crippen molar-refractivity contribution in [3.8, 4) is 0 Å². The number of nitrogen functional groups attached to an aromatic ring is 1. The molecule has 4 nitrogen and oxygen atoms in total. The molecule has 0 saturated carbocycles. The van der Waals surface area contributed by atoms with Crippen molar-refractivity contribution in [1.29, 1.82) is 0 Å². The van der Waals surface area contributed by atoms with Crippen molar-refractivity contribution in [2.45, 2.75) is 18.1 Å². The SMILES string of the molecule is CN(C)c1ccc(N)cc1C(=O)NCC1CCCS1. The first-order valence-corrected chi connectivity index (χ1v) is 7.59. The van der Waals surface area contributed by atoms with Gasteiger partial charge in [-0.25, -0.2) is 0 Å². The summed E-state index contributed by atoms with van der Waals surface area (Å²) in [5.74, 6) is 1.17. The molecule has 1 saturated heterocycles. The Morgan fingerprint density at radius 3 is 2.95 bits per heavy atom. The lowest BCUT2D eigenvalue weighted by molar-refractivity contribution is 0.0954. The Bertz CT molecular complexity index is 456. The maximum atomic E-state index is 12.3. The van der Waals surface area contributed by atoms with Crippen LogP contribution >= 0.6 is 11.8 Å². The van der Waals surface area contributed by atoms with Crippen molar-refractivity contribution in [3.63, 3.8) is 0 Å². The topological polar surface area (TPSA) is 58.4 Å². The molecule has 0 aliphatic carbocycles. The summed E-state index contributed by atoms with van der Waals surface area (Å²) in [6, 6.07) is 5.44. The minimum Gasteiger partial charge on any atom is -0.399 e. The summed E-state index contributed by atoms with van der Waals surface area (Å²) in [7, 11) is 3.85. The van der Waals surface area contributed by atoms with Gasteiger partial charge < -0.3 is 16.0 Å². The van der Waals surface area contributed by atoms with Gasteiger partial charge in [0.15, 0.2) is 0 Å². The molecule has 1 fully saturated rings. The third-order valence-corrected chi connectivity index (χ3v) is 4.66. The van der Waals surface area contributed by atoms with Crippen LogP contribution in [0.4, 0.5) is 11.4 Å². The van der Waals surface area contributed by atoms with E-state index in [-0.39, 0.29) is 5.91 Å². The average Bonchev–Trinajstić information content (AvgIpc) is 2.88. The summed E-state index contributed by atoms with van der Waals surface area (Å²) >= 11 is 1.94. The highest BCUT2D eigenvalue weighted by atomic mass is 32.2. The van der Waals surface area contributed by atoms with E-state index < -0.39 is 0 Å². The molecule has 0 aromatic heterocycles. The molecule has 0 radical (unpaired) electrons. The summed E-state index contributed by atoms with van der Waals surface area (Å²) < 4.78 is 0. The monoisotopic (exact) mass is 279 g/mol. The van der Waals surface area contributed by atoms with Crippen LogP contribution in [0, 0.1) is 0 Å². The molecule has 1 amide bonds. The van der Waals surface area contributed by atoms with Gasteiger partial charge in [-0.05, 0) is 36.8 Å². The van der Waals surface area contributed by atoms with E-state index in [1.807, 2.05) is 42.9 Å². The second-order valence-electron chi connectivity index (χ2n) is 5.02. The van der Waals surface area contributed by atoms with E-state index in [0.29, 0.717) is 16.5 Å². The molecular formula is C14H21N3OS. The molecule has 5 heteroatoms. The quantitative estimate of drug-likeness (QED) is 0.827. The van der Waals surface area contributed by atoms with Crippen LogP contribution in [-0.2, 0) is 0 Å². The van der Waals surface area contributed by atoms with Gasteiger partial charge >= 0.3 is 0 Å². The van der Waals surface area contributed by atoms with Crippen LogP contribution in [-0.4, -0.2) is 37.6 Å². The van der Waals surface area contributed by atoms with Crippen LogP contribution in [0.5, 0.6) is 0 Å². The third-order valence-electron chi connectivity index (χ3n) is 3.26. The van der Waals surface area contributed by atoms with Crippen LogP contribution in [0.3, 0.4) is 0 Å². The molecule has 1 aliphatic heterocycles. The Morgan fingerprint density at radius 2 is 2.32 bits per heavy atom. The first kappa shape index (κ1) is 14.1. The average molecular weight is 279 g/mol. The summed E-state index contributed by atoms with van der Waals surface area (Å²) in [6.45, 7) is 0.741. The van der Waals surface area contributed by atoms with Gasteiger partial charge in [-0.15, -0.1) is 0 Å². The number of hydrogen-bond donors (Lipinski definition) is 2. The highest BCUT2D eigenvalue weighted by molar-refractivity contribution is 8.00. The van der Waals surface area contributed by atoms with Gasteiger partial charge in [0.2, 0.25) is 0 Å². The van der Waals surface area contributed by atoms with E-state index in [9.17, 15) is 4.79 Å². The molecule has 1 heterocycles. The zero-order valence-electron chi connectivity index (χ0n) is 11.5. The second kappa shape index (κ2) is 6.19. The molecule has 0 spiro atoms. The molecule has 3 N–H and O–H groups in total. The zero-order valence-corrected chi connectivity index (χ0v) is 12.3. The number of anilines is 2. The molecule has 0 bridgehead atoms. The predicted molar refractivity (Wildman–Crippen MR) is 83.0 cm³/mol. The van der Waals surface area contributed by atoms with Crippen molar-refractivity contribution >= 4 is 29.0 Å². The van der Waals surface area contributed by atoms with Gasteiger partial charge in [0, 0.05) is 37.3 Å². The van der Waals surface area contributed by atoms with Crippen LogP contribution in [0.25, 0.3) is 0 Å². The number of thioether (sulfide) groups is 1. The summed E-state index contributed by atoms with van der Waals surface area (Å²) in [5, 5.41) is 3.58. The van der Waals surface area contributed by atoms with Gasteiger partial charge in [0.1, 0.15) is 0 Å². The Hall–Kier alpha value is -1.36. The lowest BCUT2D eigenvalue weighted by Crippen LogP contribution is -2.31. The first-order valence-electron chi connectivity index (χ1n) is 6.54. The van der Waals surface area contributed by atoms with Crippen LogP contribution in [0.15, 0.2) is 18.2 Å². The second-order valence-corrected chi connectivity index (χ2v) is 6.42.